The second-order valence-corrected chi connectivity index (χ2v) is 6.58. The Labute approximate surface area is 137 Å². The smallest absolute Gasteiger partial charge is 0.224 e. The topological polar surface area (TPSA) is 45.2 Å². The van der Waals surface area contributed by atoms with Crippen LogP contribution >= 0.6 is 0 Å². The van der Waals surface area contributed by atoms with Crippen molar-refractivity contribution in [2.24, 2.45) is 11.8 Å². The molecule has 2 unspecified atom stereocenters. The van der Waals surface area contributed by atoms with Gasteiger partial charge in [0.25, 0.3) is 0 Å². The van der Waals surface area contributed by atoms with Crippen molar-refractivity contribution in [1.29, 1.82) is 0 Å². The number of nitrogens with zero attached hydrogens (tertiary/aromatic N) is 2. The average molecular weight is 311 g/mol. The SMILES string of the molecule is CCN1CCC(C)C(CC(=O)Nc2ccc3cccnc3c2)C1. The molecule has 2 aromatic rings. The van der Waals surface area contributed by atoms with E-state index in [1.807, 2.05) is 30.3 Å². The van der Waals surface area contributed by atoms with Crippen LogP contribution in [-0.2, 0) is 4.79 Å². The van der Waals surface area contributed by atoms with Crippen molar-refractivity contribution in [1.82, 2.24) is 9.88 Å². The summed E-state index contributed by atoms with van der Waals surface area (Å²) in [6, 6.07) is 9.84. The Hall–Kier alpha value is -1.94. The summed E-state index contributed by atoms with van der Waals surface area (Å²) in [6.45, 7) is 7.72. The summed E-state index contributed by atoms with van der Waals surface area (Å²) < 4.78 is 0. The fourth-order valence-corrected chi connectivity index (χ4v) is 3.37. The number of rotatable bonds is 4. The lowest BCUT2D eigenvalue weighted by Crippen LogP contribution is -2.40. The molecule has 0 spiro atoms. The Morgan fingerprint density at radius 1 is 1.39 bits per heavy atom. The van der Waals surface area contributed by atoms with Crippen molar-refractivity contribution in [2.75, 3.05) is 25.0 Å². The molecule has 1 saturated heterocycles. The minimum atomic E-state index is 0.107. The zero-order valence-electron chi connectivity index (χ0n) is 14.0. The summed E-state index contributed by atoms with van der Waals surface area (Å²) in [5, 5.41) is 4.13. The number of likely N-dealkylation sites (tertiary alicyclic amines) is 1. The number of carbonyl (C=O) groups is 1. The Kier molecular flexibility index (Phi) is 4.91. The zero-order valence-corrected chi connectivity index (χ0v) is 14.0. The summed E-state index contributed by atoms with van der Waals surface area (Å²) >= 11 is 0. The Morgan fingerprint density at radius 2 is 2.26 bits per heavy atom. The molecule has 4 heteroatoms. The lowest BCUT2D eigenvalue weighted by Gasteiger charge is -2.36. The van der Waals surface area contributed by atoms with E-state index in [-0.39, 0.29) is 5.91 Å². The summed E-state index contributed by atoms with van der Waals surface area (Å²) in [5.74, 6) is 1.17. The number of benzene rings is 1. The Bertz CT molecular complexity index is 685. The van der Waals surface area contributed by atoms with Crippen LogP contribution in [0.4, 0.5) is 5.69 Å². The molecule has 1 aliphatic heterocycles. The number of carbonyl (C=O) groups excluding carboxylic acids is 1. The molecule has 3 rings (SSSR count). The number of piperidine rings is 1. The highest BCUT2D eigenvalue weighted by molar-refractivity contribution is 5.93. The molecule has 2 heterocycles. The molecule has 1 aromatic carbocycles. The standard InChI is InChI=1S/C19H25N3O/c1-3-22-10-8-14(2)16(13-22)11-19(23)21-17-7-6-15-5-4-9-20-18(15)12-17/h4-7,9,12,14,16H,3,8,10-11,13H2,1-2H3,(H,21,23). The van der Waals surface area contributed by atoms with E-state index in [0.29, 0.717) is 18.3 Å². The zero-order chi connectivity index (χ0) is 16.2. The number of fused-ring (bicyclic) bond motifs is 1. The van der Waals surface area contributed by atoms with E-state index >= 15 is 0 Å². The summed E-state index contributed by atoms with van der Waals surface area (Å²) in [5.41, 5.74) is 1.74. The van der Waals surface area contributed by atoms with Crippen LogP contribution in [0.3, 0.4) is 0 Å². The van der Waals surface area contributed by atoms with Gasteiger partial charge in [0, 0.05) is 30.2 Å². The number of nitrogens with one attached hydrogen (secondary N) is 1. The maximum absolute atomic E-state index is 12.4. The van der Waals surface area contributed by atoms with Crippen LogP contribution in [0.2, 0.25) is 0 Å². The third-order valence-electron chi connectivity index (χ3n) is 4.98. The number of anilines is 1. The number of pyridine rings is 1. The highest BCUT2D eigenvalue weighted by atomic mass is 16.1. The third kappa shape index (κ3) is 3.88. The van der Waals surface area contributed by atoms with Crippen molar-refractivity contribution >= 4 is 22.5 Å². The monoisotopic (exact) mass is 311 g/mol. The highest BCUT2D eigenvalue weighted by Gasteiger charge is 2.27. The molecule has 0 radical (unpaired) electrons. The molecular formula is C19H25N3O. The van der Waals surface area contributed by atoms with Crippen molar-refractivity contribution < 1.29 is 4.79 Å². The fourth-order valence-electron chi connectivity index (χ4n) is 3.37. The van der Waals surface area contributed by atoms with Crippen molar-refractivity contribution in [3.05, 3.63) is 36.5 Å². The average Bonchev–Trinajstić information content (AvgIpc) is 2.56. The molecule has 1 fully saturated rings. The van der Waals surface area contributed by atoms with Crippen molar-refractivity contribution in [3.8, 4) is 0 Å². The second-order valence-electron chi connectivity index (χ2n) is 6.58. The Morgan fingerprint density at radius 3 is 3.09 bits per heavy atom. The first-order chi connectivity index (χ1) is 11.2. The molecule has 23 heavy (non-hydrogen) atoms. The lowest BCUT2D eigenvalue weighted by atomic mass is 9.84. The van der Waals surface area contributed by atoms with E-state index < -0.39 is 0 Å². The first kappa shape index (κ1) is 15.9. The minimum absolute atomic E-state index is 0.107. The van der Waals surface area contributed by atoms with Crippen molar-refractivity contribution in [3.63, 3.8) is 0 Å². The number of hydrogen-bond donors (Lipinski definition) is 1. The van der Waals surface area contributed by atoms with Gasteiger partial charge in [0.05, 0.1) is 5.52 Å². The molecule has 122 valence electrons. The molecule has 0 saturated carbocycles. The van der Waals surface area contributed by atoms with E-state index in [0.717, 1.165) is 36.2 Å². The van der Waals surface area contributed by atoms with Gasteiger partial charge in [-0.3, -0.25) is 9.78 Å². The maximum Gasteiger partial charge on any atom is 0.224 e. The molecule has 2 atom stereocenters. The molecule has 0 bridgehead atoms. The van der Waals surface area contributed by atoms with Gasteiger partial charge in [-0.2, -0.15) is 0 Å². The van der Waals surface area contributed by atoms with Crippen LogP contribution in [0.15, 0.2) is 36.5 Å². The molecule has 0 aliphatic carbocycles. The van der Waals surface area contributed by atoms with Crippen LogP contribution in [0, 0.1) is 11.8 Å². The van der Waals surface area contributed by atoms with Gasteiger partial charge in [-0.25, -0.2) is 0 Å². The van der Waals surface area contributed by atoms with Gasteiger partial charge in [-0.05, 0) is 49.5 Å². The van der Waals surface area contributed by atoms with Gasteiger partial charge in [0.1, 0.15) is 0 Å². The van der Waals surface area contributed by atoms with Crippen LogP contribution < -0.4 is 5.32 Å². The predicted molar refractivity (Wildman–Crippen MR) is 94.4 cm³/mol. The third-order valence-corrected chi connectivity index (χ3v) is 4.98. The number of amides is 1. The minimum Gasteiger partial charge on any atom is -0.326 e. The predicted octanol–water partition coefficient (Wildman–Crippen LogP) is 3.54. The van der Waals surface area contributed by atoms with Crippen LogP contribution in [-0.4, -0.2) is 35.4 Å². The molecular weight excluding hydrogens is 286 g/mol. The molecule has 1 N–H and O–H groups in total. The molecule has 1 aliphatic rings. The van der Waals surface area contributed by atoms with Gasteiger partial charge < -0.3 is 10.2 Å². The van der Waals surface area contributed by atoms with Crippen LogP contribution in [0.1, 0.15) is 26.7 Å². The maximum atomic E-state index is 12.4. The molecule has 4 nitrogen and oxygen atoms in total. The second kappa shape index (κ2) is 7.09. The van der Waals surface area contributed by atoms with E-state index in [1.54, 1.807) is 6.20 Å². The first-order valence-electron chi connectivity index (χ1n) is 8.52. The number of hydrogen-bond acceptors (Lipinski definition) is 3. The summed E-state index contributed by atoms with van der Waals surface area (Å²) in [6.07, 6.45) is 3.56. The molecule has 1 amide bonds. The van der Waals surface area contributed by atoms with Crippen molar-refractivity contribution in [2.45, 2.75) is 26.7 Å². The van der Waals surface area contributed by atoms with E-state index in [9.17, 15) is 4.79 Å². The lowest BCUT2D eigenvalue weighted by molar-refractivity contribution is -0.117. The first-order valence-corrected chi connectivity index (χ1v) is 8.52. The van der Waals surface area contributed by atoms with Gasteiger partial charge in [-0.1, -0.05) is 26.0 Å². The largest absolute Gasteiger partial charge is 0.326 e. The van der Waals surface area contributed by atoms with Gasteiger partial charge >= 0.3 is 0 Å². The fraction of sp³-hybridized carbons (Fsp3) is 0.474. The summed E-state index contributed by atoms with van der Waals surface area (Å²) in [4.78, 5) is 19.2. The van der Waals surface area contributed by atoms with Gasteiger partial charge in [0.2, 0.25) is 5.91 Å². The number of aromatic nitrogens is 1. The van der Waals surface area contributed by atoms with Gasteiger partial charge in [-0.15, -0.1) is 0 Å². The van der Waals surface area contributed by atoms with E-state index in [1.165, 1.54) is 6.42 Å². The quantitative estimate of drug-likeness (QED) is 0.939. The Balaban J connectivity index is 1.63. The highest BCUT2D eigenvalue weighted by Crippen LogP contribution is 2.26. The van der Waals surface area contributed by atoms with Gasteiger partial charge in [0.15, 0.2) is 0 Å². The van der Waals surface area contributed by atoms with Crippen LogP contribution in [0.5, 0.6) is 0 Å². The van der Waals surface area contributed by atoms with Crippen LogP contribution in [0.25, 0.3) is 10.9 Å². The normalized spacial score (nSPS) is 22.2. The van der Waals surface area contributed by atoms with E-state index in [4.69, 9.17) is 0 Å². The van der Waals surface area contributed by atoms with E-state index in [2.05, 4.69) is 29.0 Å². The molecule has 1 aromatic heterocycles. The summed E-state index contributed by atoms with van der Waals surface area (Å²) in [7, 11) is 0.